The molecule has 1 fully saturated rings. The second kappa shape index (κ2) is 12.5. The van der Waals surface area contributed by atoms with E-state index in [4.69, 9.17) is 9.47 Å². The molecule has 0 aliphatic carbocycles. The van der Waals surface area contributed by atoms with E-state index in [-0.39, 0.29) is 30.1 Å². The molecule has 2 atom stereocenters. The summed E-state index contributed by atoms with van der Waals surface area (Å²) in [6, 6.07) is 8.70. The molecule has 142 valence electrons. The van der Waals surface area contributed by atoms with Gasteiger partial charge in [0.2, 0.25) is 0 Å². The Kier molecular flexibility index (Phi) is 11.1. The van der Waals surface area contributed by atoms with E-state index in [0.29, 0.717) is 5.92 Å². The Labute approximate surface area is 169 Å². The molecular formula is C19H32IN3O2. The highest BCUT2D eigenvalue weighted by molar-refractivity contribution is 14.0. The average molecular weight is 461 g/mol. The lowest BCUT2D eigenvalue weighted by Crippen LogP contribution is -2.42. The first kappa shape index (κ1) is 22.2. The van der Waals surface area contributed by atoms with Crippen molar-refractivity contribution in [3.05, 3.63) is 35.4 Å². The maximum atomic E-state index is 6.08. The van der Waals surface area contributed by atoms with Crippen molar-refractivity contribution in [3.63, 3.8) is 0 Å². The molecule has 0 bridgehead atoms. The zero-order valence-electron chi connectivity index (χ0n) is 15.6. The Hall–Kier alpha value is -0.860. The molecule has 2 N–H and O–H groups in total. The molecule has 1 aromatic rings. The molecule has 0 spiro atoms. The van der Waals surface area contributed by atoms with Crippen LogP contribution >= 0.6 is 24.0 Å². The van der Waals surface area contributed by atoms with Crippen LogP contribution in [0.2, 0.25) is 0 Å². The maximum Gasteiger partial charge on any atom is 0.190 e. The van der Waals surface area contributed by atoms with E-state index in [0.717, 1.165) is 45.1 Å². The van der Waals surface area contributed by atoms with E-state index in [9.17, 15) is 0 Å². The molecule has 2 rings (SSSR count). The Morgan fingerprint density at radius 2 is 2.04 bits per heavy atom. The predicted octanol–water partition coefficient (Wildman–Crippen LogP) is 3.28. The van der Waals surface area contributed by atoms with Crippen molar-refractivity contribution in [3.8, 4) is 0 Å². The standard InChI is InChI=1S/C19H31N3O2.HI/c1-15-7-9-16(10-8-15)18-17(6-4-13-24-18)14-22-19(20-2)21-11-5-12-23-3;/h7-10,17-18H,4-6,11-14H2,1-3H3,(H2,20,21,22);1H. The quantitative estimate of drug-likeness (QED) is 0.283. The minimum atomic E-state index is 0. The summed E-state index contributed by atoms with van der Waals surface area (Å²) in [5, 5.41) is 6.77. The monoisotopic (exact) mass is 461 g/mol. The number of methoxy groups -OCH3 is 1. The fraction of sp³-hybridized carbons (Fsp3) is 0.632. The smallest absolute Gasteiger partial charge is 0.190 e. The van der Waals surface area contributed by atoms with Gasteiger partial charge in [0, 0.05) is 46.4 Å². The van der Waals surface area contributed by atoms with Crippen molar-refractivity contribution in [1.82, 2.24) is 10.6 Å². The number of aliphatic imine (C=N–C) groups is 1. The van der Waals surface area contributed by atoms with Gasteiger partial charge in [-0.3, -0.25) is 4.99 Å². The van der Waals surface area contributed by atoms with Gasteiger partial charge in [-0.2, -0.15) is 0 Å². The van der Waals surface area contributed by atoms with Gasteiger partial charge in [0.25, 0.3) is 0 Å². The minimum absolute atomic E-state index is 0. The largest absolute Gasteiger partial charge is 0.385 e. The Morgan fingerprint density at radius 3 is 2.72 bits per heavy atom. The number of ether oxygens (including phenoxy) is 2. The van der Waals surface area contributed by atoms with Crippen LogP contribution in [0.15, 0.2) is 29.3 Å². The van der Waals surface area contributed by atoms with Gasteiger partial charge in [-0.25, -0.2) is 0 Å². The van der Waals surface area contributed by atoms with Crippen molar-refractivity contribution in [2.75, 3.05) is 40.5 Å². The first-order chi connectivity index (χ1) is 11.7. The molecule has 2 unspecified atom stereocenters. The van der Waals surface area contributed by atoms with E-state index in [1.165, 1.54) is 17.5 Å². The van der Waals surface area contributed by atoms with Crippen LogP contribution in [0.3, 0.4) is 0 Å². The number of halogens is 1. The van der Waals surface area contributed by atoms with Crippen molar-refractivity contribution < 1.29 is 9.47 Å². The van der Waals surface area contributed by atoms with Crippen LogP contribution in [-0.2, 0) is 9.47 Å². The molecule has 0 radical (unpaired) electrons. The average Bonchev–Trinajstić information content (AvgIpc) is 2.62. The molecule has 1 saturated heterocycles. The lowest BCUT2D eigenvalue weighted by atomic mass is 9.89. The number of rotatable bonds is 7. The number of aryl methyl sites for hydroxylation is 1. The fourth-order valence-corrected chi connectivity index (χ4v) is 3.05. The Balaban J connectivity index is 0.00000312. The van der Waals surface area contributed by atoms with E-state index < -0.39 is 0 Å². The number of benzene rings is 1. The fourth-order valence-electron chi connectivity index (χ4n) is 3.05. The third kappa shape index (κ3) is 7.50. The highest BCUT2D eigenvalue weighted by Gasteiger charge is 2.27. The van der Waals surface area contributed by atoms with Gasteiger partial charge in [-0.1, -0.05) is 29.8 Å². The van der Waals surface area contributed by atoms with Gasteiger partial charge < -0.3 is 20.1 Å². The molecule has 0 amide bonds. The van der Waals surface area contributed by atoms with Crippen LogP contribution in [0.4, 0.5) is 0 Å². The Bertz CT molecular complexity index is 508. The van der Waals surface area contributed by atoms with Crippen molar-refractivity contribution in [1.29, 1.82) is 0 Å². The second-order valence-electron chi connectivity index (χ2n) is 6.33. The highest BCUT2D eigenvalue weighted by atomic mass is 127. The number of nitrogens with one attached hydrogen (secondary N) is 2. The summed E-state index contributed by atoms with van der Waals surface area (Å²) in [7, 11) is 3.53. The molecule has 1 aromatic carbocycles. The first-order valence-corrected chi connectivity index (χ1v) is 8.86. The summed E-state index contributed by atoms with van der Waals surface area (Å²) < 4.78 is 11.1. The van der Waals surface area contributed by atoms with E-state index in [2.05, 4.69) is 46.8 Å². The Morgan fingerprint density at radius 1 is 1.28 bits per heavy atom. The van der Waals surface area contributed by atoms with Gasteiger partial charge in [0.05, 0.1) is 6.10 Å². The third-order valence-electron chi connectivity index (χ3n) is 4.42. The molecule has 25 heavy (non-hydrogen) atoms. The van der Waals surface area contributed by atoms with Gasteiger partial charge >= 0.3 is 0 Å². The summed E-state index contributed by atoms with van der Waals surface area (Å²) in [6.07, 6.45) is 3.43. The van der Waals surface area contributed by atoms with E-state index in [1.54, 1.807) is 14.2 Å². The van der Waals surface area contributed by atoms with Gasteiger partial charge in [0.15, 0.2) is 5.96 Å². The van der Waals surface area contributed by atoms with Crippen molar-refractivity contribution >= 4 is 29.9 Å². The second-order valence-corrected chi connectivity index (χ2v) is 6.33. The topological polar surface area (TPSA) is 54.9 Å². The number of hydrogen-bond acceptors (Lipinski definition) is 3. The van der Waals surface area contributed by atoms with Gasteiger partial charge in [0.1, 0.15) is 0 Å². The van der Waals surface area contributed by atoms with Crippen LogP contribution in [0.5, 0.6) is 0 Å². The number of guanidine groups is 1. The lowest BCUT2D eigenvalue weighted by molar-refractivity contribution is -0.0265. The lowest BCUT2D eigenvalue weighted by Gasteiger charge is -2.32. The van der Waals surface area contributed by atoms with Crippen LogP contribution in [-0.4, -0.2) is 46.4 Å². The zero-order valence-corrected chi connectivity index (χ0v) is 17.9. The first-order valence-electron chi connectivity index (χ1n) is 8.86. The SMILES string of the molecule is CN=C(NCCCOC)NCC1CCCOC1c1ccc(C)cc1.I. The summed E-state index contributed by atoms with van der Waals surface area (Å²) >= 11 is 0. The molecule has 0 aromatic heterocycles. The molecular weight excluding hydrogens is 429 g/mol. The summed E-state index contributed by atoms with van der Waals surface area (Å²) in [5.41, 5.74) is 2.56. The molecule has 1 heterocycles. The molecule has 5 nitrogen and oxygen atoms in total. The van der Waals surface area contributed by atoms with Gasteiger partial charge in [-0.05, 0) is 31.7 Å². The van der Waals surface area contributed by atoms with Crippen LogP contribution in [0.1, 0.15) is 36.5 Å². The van der Waals surface area contributed by atoms with E-state index in [1.807, 2.05) is 0 Å². The van der Waals surface area contributed by atoms with Crippen LogP contribution in [0.25, 0.3) is 0 Å². The molecule has 1 aliphatic heterocycles. The molecule has 6 heteroatoms. The van der Waals surface area contributed by atoms with Crippen molar-refractivity contribution in [2.45, 2.75) is 32.3 Å². The van der Waals surface area contributed by atoms with Gasteiger partial charge in [-0.15, -0.1) is 24.0 Å². The minimum Gasteiger partial charge on any atom is -0.385 e. The summed E-state index contributed by atoms with van der Waals surface area (Å²) in [6.45, 7) is 5.44. The maximum absolute atomic E-state index is 6.08. The number of nitrogens with zero attached hydrogens (tertiary/aromatic N) is 1. The summed E-state index contributed by atoms with van der Waals surface area (Å²) in [5.74, 6) is 1.30. The molecule has 1 aliphatic rings. The van der Waals surface area contributed by atoms with Crippen LogP contribution < -0.4 is 10.6 Å². The van der Waals surface area contributed by atoms with E-state index >= 15 is 0 Å². The normalized spacial score (nSPS) is 20.7. The van der Waals surface area contributed by atoms with Crippen LogP contribution in [0, 0.1) is 12.8 Å². The zero-order chi connectivity index (χ0) is 17.2. The summed E-state index contributed by atoms with van der Waals surface area (Å²) in [4.78, 5) is 4.29. The molecule has 0 saturated carbocycles. The third-order valence-corrected chi connectivity index (χ3v) is 4.42. The van der Waals surface area contributed by atoms with Crippen molar-refractivity contribution in [2.24, 2.45) is 10.9 Å². The predicted molar refractivity (Wildman–Crippen MR) is 114 cm³/mol. The number of hydrogen-bond donors (Lipinski definition) is 2. The highest BCUT2D eigenvalue weighted by Crippen LogP contribution is 2.33.